The first-order chi connectivity index (χ1) is 9.58. The maximum atomic E-state index is 11.9. The van der Waals surface area contributed by atoms with Crippen LogP contribution in [0.15, 0.2) is 48.5 Å². The van der Waals surface area contributed by atoms with Crippen molar-refractivity contribution < 1.29 is 19.7 Å². The van der Waals surface area contributed by atoms with Crippen LogP contribution in [-0.2, 0) is 0 Å². The topological polar surface area (TPSA) is 66.8 Å². The van der Waals surface area contributed by atoms with E-state index >= 15 is 0 Å². The molecule has 102 valence electrons. The Morgan fingerprint density at radius 3 is 2.20 bits per heavy atom. The molecular weight excluding hydrogens is 256 g/mol. The average molecular weight is 270 g/mol. The number of hydrogen-bond donors (Lipinski definition) is 2. The molecule has 20 heavy (non-hydrogen) atoms. The van der Waals surface area contributed by atoms with Gasteiger partial charge in [0, 0.05) is 11.6 Å². The van der Waals surface area contributed by atoms with Crippen LogP contribution in [0.1, 0.15) is 15.9 Å². The molecule has 2 N–H and O–H groups in total. The van der Waals surface area contributed by atoms with Crippen LogP contribution < -0.4 is 4.74 Å². The van der Waals surface area contributed by atoms with Crippen LogP contribution in [0.5, 0.6) is 17.2 Å². The lowest BCUT2D eigenvalue weighted by molar-refractivity contribution is 0.104. The van der Waals surface area contributed by atoms with Gasteiger partial charge in [0.1, 0.15) is 17.2 Å². The average Bonchev–Trinajstić information content (AvgIpc) is 2.44. The molecule has 0 saturated carbocycles. The van der Waals surface area contributed by atoms with E-state index in [1.54, 1.807) is 25.3 Å². The zero-order chi connectivity index (χ0) is 14.5. The number of phenolic OH excluding ortho intramolecular Hbond substituents is 2. The van der Waals surface area contributed by atoms with E-state index in [4.69, 9.17) is 4.74 Å². The molecule has 0 unspecified atom stereocenters. The molecule has 2 rings (SSSR count). The van der Waals surface area contributed by atoms with E-state index < -0.39 is 0 Å². The quantitative estimate of drug-likeness (QED) is 0.662. The Hall–Kier alpha value is -2.75. The van der Waals surface area contributed by atoms with Gasteiger partial charge in [-0.1, -0.05) is 18.2 Å². The van der Waals surface area contributed by atoms with Gasteiger partial charge in [0.05, 0.1) is 7.11 Å². The fraction of sp³-hybridized carbons (Fsp3) is 0.0625. The Bertz CT molecular complexity index is 622. The predicted molar refractivity (Wildman–Crippen MR) is 76.1 cm³/mol. The minimum Gasteiger partial charge on any atom is -0.508 e. The number of aromatic hydroxyl groups is 2. The Kier molecular flexibility index (Phi) is 4.05. The summed E-state index contributed by atoms with van der Waals surface area (Å²) in [5.74, 6) is 0.149. The molecule has 0 fully saturated rings. The number of benzene rings is 2. The van der Waals surface area contributed by atoms with Crippen molar-refractivity contribution in [3.8, 4) is 17.2 Å². The summed E-state index contributed by atoms with van der Waals surface area (Å²) in [6.45, 7) is 0. The third-order valence-electron chi connectivity index (χ3n) is 2.73. The lowest BCUT2D eigenvalue weighted by Gasteiger charge is -2.00. The van der Waals surface area contributed by atoms with Crippen molar-refractivity contribution in [1.29, 1.82) is 0 Å². The number of rotatable bonds is 4. The molecule has 0 aliphatic rings. The fourth-order valence-electron chi connectivity index (χ4n) is 1.72. The van der Waals surface area contributed by atoms with E-state index in [2.05, 4.69) is 0 Å². The Balaban J connectivity index is 2.15. The summed E-state index contributed by atoms with van der Waals surface area (Å²) in [5.41, 5.74) is 1.08. The van der Waals surface area contributed by atoms with Gasteiger partial charge in [0.25, 0.3) is 0 Å². The van der Waals surface area contributed by atoms with Gasteiger partial charge < -0.3 is 14.9 Å². The first-order valence-corrected chi connectivity index (χ1v) is 5.98. The second-order valence-electron chi connectivity index (χ2n) is 4.21. The highest BCUT2D eigenvalue weighted by atomic mass is 16.5. The summed E-state index contributed by atoms with van der Waals surface area (Å²) >= 11 is 0. The summed E-state index contributed by atoms with van der Waals surface area (Å²) < 4.78 is 5.04. The summed E-state index contributed by atoms with van der Waals surface area (Å²) in [5, 5.41) is 18.7. The molecule has 0 atom stereocenters. The molecule has 0 aliphatic carbocycles. The number of hydrogen-bond acceptors (Lipinski definition) is 4. The number of allylic oxidation sites excluding steroid dienone is 1. The second kappa shape index (κ2) is 5.93. The SMILES string of the molecule is COc1ccc(C=CC(=O)c2cc(O)cc(O)c2)cc1. The summed E-state index contributed by atoms with van der Waals surface area (Å²) in [4.78, 5) is 11.9. The van der Waals surface area contributed by atoms with Crippen LogP contribution in [-0.4, -0.2) is 23.1 Å². The van der Waals surface area contributed by atoms with Crippen LogP contribution in [0.3, 0.4) is 0 Å². The highest BCUT2D eigenvalue weighted by molar-refractivity contribution is 6.07. The summed E-state index contributed by atoms with van der Waals surface area (Å²) in [7, 11) is 1.59. The van der Waals surface area contributed by atoms with E-state index in [9.17, 15) is 15.0 Å². The third kappa shape index (κ3) is 3.38. The molecule has 4 nitrogen and oxygen atoms in total. The van der Waals surface area contributed by atoms with Crippen LogP contribution in [0, 0.1) is 0 Å². The van der Waals surface area contributed by atoms with E-state index in [0.29, 0.717) is 0 Å². The minimum absolute atomic E-state index is 0.147. The molecule has 0 aromatic heterocycles. The Morgan fingerprint density at radius 2 is 1.65 bits per heavy atom. The lowest BCUT2D eigenvalue weighted by atomic mass is 10.1. The van der Waals surface area contributed by atoms with Gasteiger partial charge in [-0.25, -0.2) is 0 Å². The maximum absolute atomic E-state index is 11.9. The molecule has 0 aliphatic heterocycles. The van der Waals surface area contributed by atoms with Gasteiger partial charge in [0.15, 0.2) is 5.78 Å². The van der Waals surface area contributed by atoms with E-state index in [-0.39, 0.29) is 22.8 Å². The van der Waals surface area contributed by atoms with Crippen molar-refractivity contribution in [2.45, 2.75) is 0 Å². The normalized spacial score (nSPS) is 10.7. The van der Waals surface area contributed by atoms with Crippen molar-refractivity contribution in [2.75, 3.05) is 7.11 Å². The van der Waals surface area contributed by atoms with Gasteiger partial charge in [-0.2, -0.15) is 0 Å². The predicted octanol–water partition coefficient (Wildman–Crippen LogP) is 3.00. The largest absolute Gasteiger partial charge is 0.508 e. The van der Waals surface area contributed by atoms with Gasteiger partial charge in [-0.3, -0.25) is 4.79 Å². The zero-order valence-corrected chi connectivity index (χ0v) is 10.9. The van der Waals surface area contributed by atoms with E-state index in [1.807, 2.05) is 12.1 Å². The second-order valence-corrected chi connectivity index (χ2v) is 4.21. The standard InChI is InChI=1S/C16H14O4/c1-20-15-5-2-11(3-6-15)4-7-16(19)12-8-13(17)10-14(18)9-12/h2-10,17-18H,1H3. The molecule has 2 aromatic carbocycles. The molecule has 0 bridgehead atoms. The van der Waals surface area contributed by atoms with Crippen molar-refractivity contribution in [1.82, 2.24) is 0 Å². The molecule has 0 saturated heterocycles. The monoisotopic (exact) mass is 270 g/mol. The smallest absolute Gasteiger partial charge is 0.186 e. The molecule has 4 heteroatoms. The molecule has 0 radical (unpaired) electrons. The third-order valence-corrected chi connectivity index (χ3v) is 2.73. The highest BCUT2D eigenvalue weighted by Crippen LogP contribution is 2.21. The lowest BCUT2D eigenvalue weighted by Crippen LogP contribution is -1.93. The first-order valence-electron chi connectivity index (χ1n) is 5.98. The van der Waals surface area contributed by atoms with Gasteiger partial charge >= 0.3 is 0 Å². The summed E-state index contributed by atoms with van der Waals surface area (Å²) in [6.07, 6.45) is 3.04. The van der Waals surface area contributed by atoms with Crippen molar-refractivity contribution in [3.05, 3.63) is 59.7 Å². The number of ketones is 1. The fourth-order valence-corrected chi connectivity index (χ4v) is 1.72. The van der Waals surface area contributed by atoms with Crippen LogP contribution in [0.2, 0.25) is 0 Å². The molecule has 2 aromatic rings. The van der Waals surface area contributed by atoms with Crippen LogP contribution in [0.25, 0.3) is 6.08 Å². The van der Waals surface area contributed by atoms with Gasteiger partial charge in [-0.15, -0.1) is 0 Å². The van der Waals surface area contributed by atoms with E-state index in [1.165, 1.54) is 24.3 Å². The number of carbonyl (C=O) groups excluding carboxylic acids is 1. The van der Waals surface area contributed by atoms with Crippen molar-refractivity contribution in [2.24, 2.45) is 0 Å². The van der Waals surface area contributed by atoms with Gasteiger partial charge in [0.2, 0.25) is 0 Å². The molecule has 0 heterocycles. The maximum Gasteiger partial charge on any atom is 0.186 e. The number of ether oxygens (including phenoxy) is 1. The number of carbonyl (C=O) groups is 1. The summed E-state index contributed by atoms with van der Waals surface area (Å²) in [6, 6.07) is 11.0. The number of phenols is 2. The minimum atomic E-state index is -0.299. The number of methoxy groups -OCH3 is 1. The molecular formula is C16H14O4. The Morgan fingerprint density at radius 1 is 1.05 bits per heavy atom. The molecule has 0 amide bonds. The van der Waals surface area contributed by atoms with Crippen molar-refractivity contribution in [3.63, 3.8) is 0 Å². The zero-order valence-electron chi connectivity index (χ0n) is 10.9. The van der Waals surface area contributed by atoms with Crippen LogP contribution in [0.4, 0.5) is 0 Å². The van der Waals surface area contributed by atoms with Crippen LogP contribution >= 0.6 is 0 Å². The van der Waals surface area contributed by atoms with E-state index in [0.717, 1.165) is 11.3 Å². The Labute approximate surface area is 116 Å². The van der Waals surface area contributed by atoms with Gasteiger partial charge in [-0.05, 0) is 35.9 Å². The highest BCUT2D eigenvalue weighted by Gasteiger charge is 2.05. The van der Waals surface area contributed by atoms with Crippen molar-refractivity contribution >= 4 is 11.9 Å². The first kappa shape index (κ1) is 13.7. The molecule has 0 spiro atoms.